The van der Waals surface area contributed by atoms with Crippen molar-refractivity contribution in [3.63, 3.8) is 0 Å². The first-order valence-corrected chi connectivity index (χ1v) is 10.0. The first-order chi connectivity index (χ1) is 11.8. The smallest absolute Gasteiger partial charge is 0.220 e. The van der Waals surface area contributed by atoms with Gasteiger partial charge in [-0.3, -0.25) is 4.79 Å². The van der Waals surface area contributed by atoms with Crippen LogP contribution in [0.1, 0.15) is 29.8 Å². The number of nitrogens with zero attached hydrogens (tertiary/aromatic N) is 1. The Morgan fingerprint density at radius 1 is 1.50 bits per heavy atom. The van der Waals surface area contributed by atoms with E-state index in [1.165, 1.54) is 4.88 Å². The van der Waals surface area contributed by atoms with Crippen LogP contribution >= 0.6 is 22.7 Å². The van der Waals surface area contributed by atoms with Gasteiger partial charge < -0.3 is 14.8 Å². The SMILES string of the molecule is O=C(CCCc1cccs1)N[C@@H]1COCC[C@@H]1OCc1cscn1. The summed E-state index contributed by atoms with van der Waals surface area (Å²) in [5.41, 5.74) is 2.74. The third kappa shape index (κ3) is 5.37. The van der Waals surface area contributed by atoms with Gasteiger partial charge in [-0.1, -0.05) is 6.07 Å². The molecule has 3 rings (SSSR count). The van der Waals surface area contributed by atoms with Crippen molar-refractivity contribution in [2.24, 2.45) is 0 Å². The average Bonchev–Trinajstić information content (AvgIpc) is 3.28. The number of thiazole rings is 1. The lowest BCUT2D eigenvalue weighted by molar-refractivity contribution is -0.126. The van der Waals surface area contributed by atoms with Gasteiger partial charge in [-0.15, -0.1) is 22.7 Å². The minimum atomic E-state index is -0.0772. The molecule has 1 fully saturated rings. The molecule has 0 unspecified atom stereocenters. The van der Waals surface area contributed by atoms with E-state index >= 15 is 0 Å². The number of carbonyl (C=O) groups excluding carboxylic acids is 1. The predicted molar refractivity (Wildman–Crippen MR) is 95.3 cm³/mol. The molecule has 1 N–H and O–H groups in total. The lowest BCUT2D eigenvalue weighted by Crippen LogP contribution is -2.50. The van der Waals surface area contributed by atoms with Crippen molar-refractivity contribution < 1.29 is 14.3 Å². The van der Waals surface area contributed by atoms with E-state index in [2.05, 4.69) is 21.7 Å². The number of rotatable bonds is 8. The standard InChI is InChI=1S/C17H22N2O3S2/c20-17(5-1-3-14-4-2-8-24-14)19-15-10-21-7-6-16(15)22-9-13-11-23-12-18-13/h2,4,8,11-12,15-16H,1,3,5-7,9-10H2,(H,19,20)/t15-,16+/m1/s1. The minimum absolute atomic E-state index is 0.0123. The molecule has 1 saturated heterocycles. The Kier molecular flexibility index (Phi) is 6.77. The molecule has 0 radical (unpaired) electrons. The van der Waals surface area contributed by atoms with Gasteiger partial charge in [0, 0.05) is 23.3 Å². The molecule has 2 aromatic rings. The highest BCUT2D eigenvalue weighted by atomic mass is 32.1. The van der Waals surface area contributed by atoms with Gasteiger partial charge in [-0.2, -0.15) is 0 Å². The Hall–Kier alpha value is -1.28. The molecule has 0 aromatic carbocycles. The van der Waals surface area contributed by atoms with Crippen LogP contribution < -0.4 is 5.32 Å². The second-order valence-electron chi connectivity index (χ2n) is 5.80. The molecule has 2 aromatic heterocycles. The van der Waals surface area contributed by atoms with Crippen molar-refractivity contribution in [3.8, 4) is 0 Å². The highest BCUT2D eigenvalue weighted by molar-refractivity contribution is 7.09. The summed E-state index contributed by atoms with van der Waals surface area (Å²) in [6.07, 6.45) is 3.14. The fraction of sp³-hybridized carbons (Fsp3) is 0.529. The second-order valence-corrected chi connectivity index (χ2v) is 7.55. The van der Waals surface area contributed by atoms with E-state index < -0.39 is 0 Å². The van der Waals surface area contributed by atoms with Gasteiger partial charge in [0.1, 0.15) is 0 Å². The molecular weight excluding hydrogens is 344 g/mol. The molecule has 5 nitrogen and oxygen atoms in total. The van der Waals surface area contributed by atoms with Crippen LogP contribution in [0.2, 0.25) is 0 Å². The van der Waals surface area contributed by atoms with Crippen LogP contribution in [0.5, 0.6) is 0 Å². The quantitative estimate of drug-likeness (QED) is 0.780. The zero-order chi connectivity index (χ0) is 16.6. The molecule has 1 aliphatic rings. The first-order valence-electron chi connectivity index (χ1n) is 8.19. The van der Waals surface area contributed by atoms with Crippen LogP contribution in [-0.2, 0) is 27.3 Å². The van der Waals surface area contributed by atoms with E-state index in [4.69, 9.17) is 9.47 Å². The monoisotopic (exact) mass is 366 g/mol. The van der Waals surface area contributed by atoms with Crippen molar-refractivity contribution in [2.75, 3.05) is 13.2 Å². The van der Waals surface area contributed by atoms with E-state index in [1.54, 1.807) is 28.2 Å². The molecule has 2 atom stereocenters. The van der Waals surface area contributed by atoms with Crippen LogP contribution in [0, 0.1) is 0 Å². The Morgan fingerprint density at radius 2 is 2.46 bits per heavy atom. The number of ether oxygens (including phenoxy) is 2. The van der Waals surface area contributed by atoms with Crippen LogP contribution in [0.3, 0.4) is 0 Å². The molecular formula is C17H22N2O3S2. The van der Waals surface area contributed by atoms with E-state index in [1.807, 2.05) is 11.4 Å². The normalized spacial score (nSPS) is 20.8. The van der Waals surface area contributed by atoms with Crippen molar-refractivity contribution in [3.05, 3.63) is 39.0 Å². The summed E-state index contributed by atoms with van der Waals surface area (Å²) >= 11 is 3.30. The summed E-state index contributed by atoms with van der Waals surface area (Å²) in [6, 6.07) is 4.08. The summed E-state index contributed by atoms with van der Waals surface area (Å²) in [4.78, 5) is 17.7. The van der Waals surface area contributed by atoms with Crippen LogP contribution in [0.25, 0.3) is 0 Å². The lowest BCUT2D eigenvalue weighted by Gasteiger charge is -2.32. The maximum atomic E-state index is 12.2. The molecule has 1 aliphatic heterocycles. The largest absolute Gasteiger partial charge is 0.379 e. The van der Waals surface area contributed by atoms with Gasteiger partial charge >= 0.3 is 0 Å². The molecule has 1 amide bonds. The number of nitrogens with one attached hydrogen (secondary N) is 1. The second kappa shape index (κ2) is 9.27. The number of aromatic nitrogens is 1. The summed E-state index contributed by atoms with van der Waals surface area (Å²) in [7, 11) is 0. The molecule has 0 aliphatic carbocycles. The number of aryl methyl sites for hydroxylation is 1. The maximum absolute atomic E-state index is 12.2. The highest BCUT2D eigenvalue weighted by Gasteiger charge is 2.28. The molecule has 130 valence electrons. The summed E-state index contributed by atoms with van der Waals surface area (Å²) in [5.74, 6) is 0.0734. The zero-order valence-electron chi connectivity index (χ0n) is 13.5. The molecule has 0 bridgehead atoms. The minimum Gasteiger partial charge on any atom is -0.379 e. The number of hydrogen-bond donors (Lipinski definition) is 1. The molecule has 3 heterocycles. The summed E-state index contributed by atoms with van der Waals surface area (Å²) in [6.45, 7) is 1.67. The molecule has 0 saturated carbocycles. The van der Waals surface area contributed by atoms with Crippen LogP contribution in [0.4, 0.5) is 0 Å². The van der Waals surface area contributed by atoms with Gasteiger partial charge in [0.15, 0.2) is 0 Å². The van der Waals surface area contributed by atoms with Gasteiger partial charge in [0.2, 0.25) is 5.91 Å². The van der Waals surface area contributed by atoms with Crippen molar-refractivity contribution in [2.45, 2.75) is 44.4 Å². The summed E-state index contributed by atoms with van der Waals surface area (Å²) in [5, 5.41) is 7.13. The molecule has 7 heteroatoms. The van der Waals surface area contributed by atoms with Crippen molar-refractivity contribution in [1.82, 2.24) is 10.3 Å². The summed E-state index contributed by atoms with van der Waals surface area (Å²) < 4.78 is 11.5. The van der Waals surface area contributed by atoms with E-state index in [-0.39, 0.29) is 18.1 Å². The number of carbonyl (C=O) groups is 1. The van der Waals surface area contributed by atoms with Crippen molar-refractivity contribution in [1.29, 1.82) is 0 Å². The van der Waals surface area contributed by atoms with E-state index in [0.29, 0.717) is 26.2 Å². The Bertz CT molecular complexity index is 601. The predicted octanol–water partition coefficient (Wildman–Crippen LogP) is 3.02. The molecule has 0 spiro atoms. The van der Waals surface area contributed by atoms with Crippen LogP contribution in [0.15, 0.2) is 28.4 Å². The number of hydrogen-bond acceptors (Lipinski definition) is 6. The van der Waals surface area contributed by atoms with Gasteiger partial charge in [-0.25, -0.2) is 4.98 Å². The highest BCUT2D eigenvalue weighted by Crippen LogP contribution is 2.16. The van der Waals surface area contributed by atoms with E-state index in [9.17, 15) is 4.79 Å². The fourth-order valence-corrected chi connectivity index (χ4v) is 4.00. The Labute approximate surface area is 150 Å². The fourth-order valence-electron chi connectivity index (χ4n) is 2.71. The maximum Gasteiger partial charge on any atom is 0.220 e. The Balaban J connectivity index is 1.41. The third-order valence-corrected chi connectivity index (χ3v) is 5.55. The van der Waals surface area contributed by atoms with Gasteiger partial charge in [0.25, 0.3) is 0 Å². The first kappa shape index (κ1) is 17.5. The molecule has 24 heavy (non-hydrogen) atoms. The van der Waals surface area contributed by atoms with Gasteiger partial charge in [0.05, 0.1) is 36.6 Å². The Morgan fingerprint density at radius 3 is 3.25 bits per heavy atom. The number of amides is 1. The lowest BCUT2D eigenvalue weighted by atomic mass is 10.1. The third-order valence-electron chi connectivity index (χ3n) is 3.98. The topological polar surface area (TPSA) is 60.5 Å². The zero-order valence-corrected chi connectivity index (χ0v) is 15.1. The number of thiophene rings is 1. The van der Waals surface area contributed by atoms with E-state index in [0.717, 1.165) is 25.0 Å². The van der Waals surface area contributed by atoms with Gasteiger partial charge in [-0.05, 0) is 30.7 Å². The van der Waals surface area contributed by atoms with Crippen molar-refractivity contribution >= 4 is 28.6 Å². The average molecular weight is 367 g/mol. The van der Waals surface area contributed by atoms with Crippen LogP contribution in [-0.4, -0.2) is 36.3 Å².